The molecule has 0 aliphatic heterocycles. The Labute approximate surface area is 234 Å². The molecule has 9 heteroatoms. The Hall–Kier alpha value is -3.17. The van der Waals surface area contributed by atoms with E-state index in [0.29, 0.717) is 12.1 Å². The number of pyridine rings is 1. The third-order valence-electron chi connectivity index (χ3n) is 10.2. The van der Waals surface area contributed by atoms with Crippen molar-refractivity contribution in [2.45, 2.75) is 77.0 Å². The molecular weight excluding hydrogens is 512 g/mol. The summed E-state index contributed by atoms with van der Waals surface area (Å²) in [6.07, 6.45) is 8.45. The number of fused-ring (bicyclic) bond motifs is 5. The summed E-state index contributed by atoms with van der Waals surface area (Å²) in [5.74, 6) is -1.62. The van der Waals surface area contributed by atoms with Crippen molar-refractivity contribution < 1.29 is 34.1 Å². The summed E-state index contributed by atoms with van der Waals surface area (Å²) in [5.41, 5.74) is -1.27. The first-order valence-electron chi connectivity index (χ1n) is 14.2. The summed E-state index contributed by atoms with van der Waals surface area (Å²) in [4.78, 5) is 53.9. The van der Waals surface area contributed by atoms with E-state index >= 15 is 0 Å². The van der Waals surface area contributed by atoms with Gasteiger partial charge in [-0.2, -0.15) is 0 Å². The molecule has 7 atom stereocenters. The lowest BCUT2D eigenvalue weighted by molar-refractivity contribution is -0.181. The summed E-state index contributed by atoms with van der Waals surface area (Å²) in [6.45, 7) is 3.63. The van der Waals surface area contributed by atoms with Crippen molar-refractivity contribution in [3.63, 3.8) is 0 Å². The van der Waals surface area contributed by atoms with E-state index < -0.39 is 40.9 Å². The van der Waals surface area contributed by atoms with Gasteiger partial charge in [-0.3, -0.25) is 24.2 Å². The van der Waals surface area contributed by atoms with Crippen molar-refractivity contribution in [3.05, 3.63) is 53.9 Å². The molecule has 1 heterocycles. The Bertz CT molecular complexity index is 1260. The van der Waals surface area contributed by atoms with Gasteiger partial charge in [-0.1, -0.05) is 31.6 Å². The average Bonchev–Trinajstić information content (AvgIpc) is 3.20. The number of nitrogens with zero attached hydrogens (tertiary/aromatic N) is 1. The topological polar surface area (TPSA) is 143 Å². The fourth-order valence-corrected chi connectivity index (χ4v) is 8.12. The smallest absolute Gasteiger partial charge is 0.306 e. The van der Waals surface area contributed by atoms with E-state index in [-0.39, 0.29) is 61.7 Å². The van der Waals surface area contributed by atoms with Crippen molar-refractivity contribution in [2.24, 2.45) is 28.6 Å². The van der Waals surface area contributed by atoms with E-state index in [2.05, 4.69) is 17.2 Å². The molecule has 1 amide bonds. The highest BCUT2D eigenvalue weighted by Gasteiger charge is 2.68. The minimum atomic E-state index is -1.72. The van der Waals surface area contributed by atoms with Crippen molar-refractivity contribution in [2.75, 3.05) is 6.61 Å². The first-order valence-corrected chi connectivity index (χ1v) is 14.2. The van der Waals surface area contributed by atoms with Crippen molar-refractivity contribution in [1.29, 1.82) is 0 Å². The molecule has 1 aromatic heterocycles. The van der Waals surface area contributed by atoms with Gasteiger partial charge in [0, 0.05) is 29.4 Å². The number of carbonyl (C=O) groups is 4. The summed E-state index contributed by atoms with van der Waals surface area (Å²) in [6, 6.07) is 5.37. The molecule has 1 aromatic rings. The van der Waals surface area contributed by atoms with Crippen LogP contribution in [0, 0.1) is 28.6 Å². The van der Waals surface area contributed by atoms with Gasteiger partial charge in [0.15, 0.2) is 12.4 Å². The number of ketones is 2. The molecule has 5 unspecified atom stereocenters. The molecule has 3 fully saturated rings. The lowest BCUT2D eigenvalue weighted by Gasteiger charge is -2.59. The lowest BCUT2D eigenvalue weighted by atomic mass is 9.46. The van der Waals surface area contributed by atoms with Crippen LogP contribution in [0.5, 0.6) is 0 Å². The van der Waals surface area contributed by atoms with Crippen molar-refractivity contribution in [1.82, 2.24) is 10.3 Å². The van der Waals surface area contributed by atoms with Gasteiger partial charge in [-0.05, 0) is 68.2 Å². The number of esters is 1. The van der Waals surface area contributed by atoms with E-state index in [1.165, 1.54) is 0 Å². The SMILES string of the molecule is C[C@]12C=CC(=O)C=C1CCC1C2C(O)C[C@@]2(C)C1CCC2(O)C(=O)COC(=O)CCC(=O)NCc1ccccn1. The molecule has 4 aliphatic carbocycles. The maximum Gasteiger partial charge on any atom is 0.306 e. The number of hydrogen-bond acceptors (Lipinski definition) is 8. The molecular formula is C31H38N2O7. The van der Waals surface area contributed by atoms with Crippen molar-refractivity contribution >= 4 is 23.4 Å². The Kier molecular flexibility index (Phi) is 7.56. The Balaban J connectivity index is 1.18. The van der Waals surface area contributed by atoms with Crippen LogP contribution in [0.1, 0.15) is 64.5 Å². The molecule has 3 saturated carbocycles. The second kappa shape index (κ2) is 10.7. The molecule has 0 saturated heterocycles. The van der Waals surface area contributed by atoms with E-state index in [9.17, 15) is 29.4 Å². The Morgan fingerprint density at radius 1 is 1.18 bits per heavy atom. The quantitative estimate of drug-likeness (QED) is 0.419. The number of carbonyl (C=O) groups excluding carboxylic acids is 4. The molecule has 40 heavy (non-hydrogen) atoms. The number of aromatic nitrogens is 1. The first-order chi connectivity index (χ1) is 19.0. The monoisotopic (exact) mass is 550 g/mol. The maximum absolute atomic E-state index is 13.4. The zero-order valence-corrected chi connectivity index (χ0v) is 23.1. The largest absolute Gasteiger partial charge is 0.458 e. The molecule has 9 nitrogen and oxygen atoms in total. The number of hydrogen-bond donors (Lipinski definition) is 3. The second-order valence-electron chi connectivity index (χ2n) is 12.3. The van der Waals surface area contributed by atoms with Gasteiger partial charge >= 0.3 is 5.97 Å². The molecule has 3 N–H and O–H groups in total. The van der Waals surface area contributed by atoms with Gasteiger partial charge in [-0.15, -0.1) is 0 Å². The predicted molar refractivity (Wildman–Crippen MR) is 144 cm³/mol. The molecule has 5 rings (SSSR count). The van der Waals surface area contributed by atoms with Crippen LogP contribution in [0.3, 0.4) is 0 Å². The molecule has 4 aliphatic rings. The van der Waals surface area contributed by atoms with Crippen LogP contribution in [-0.4, -0.2) is 57.0 Å². The van der Waals surface area contributed by atoms with Crippen LogP contribution < -0.4 is 5.32 Å². The Morgan fingerprint density at radius 2 is 1.98 bits per heavy atom. The van der Waals surface area contributed by atoms with Gasteiger partial charge in [0.25, 0.3) is 0 Å². The van der Waals surface area contributed by atoms with Crippen LogP contribution in [0.15, 0.2) is 48.2 Å². The zero-order valence-electron chi connectivity index (χ0n) is 23.1. The number of aliphatic hydroxyl groups is 2. The van der Waals surface area contributed by atoms with Crippen LogP contribution >= 0.6 is 0 Å². The molecule has 0 radical (unpaired) electrons. The Morgan fingerprint density at radius 3 is 2.73 bits per heavy atom. The van der Waals surface area contributed by atoms with Gasteiger partial charge < -0.3 is 20.3 Å². The molecule has 0 spiro atoms. The minimum Gasteiger partial charge on any atom is -0.458 e. The minimum absolute atomic E-state index is 0.0118. The summed E-state index contributed by atoms with van der Waals surface area (Å²) < 4.78 is 5.20. The zero-order chi connectivity index (χ0) is 28.7. The van der Waals surface area contributed by atoms with Crippen molar-refractivity contribution in [3.8, 4) is 0 Å². The van der Waals surface area contributed by atoms with Gasteiger partial charge in [0.1, 0.15) is 5.60 Å². The third kappa shape index (κ3) is 4.83. The normalized spacial score (nSPS) is 36.1. The lowest BCUT2D eigenvalue weighted by Crippen LogP contribution is -2.61. The van der Waals surface area contributed by atoms with Crippen LogP contribution in [0.25, 0.3) is 0 Å². The third-order valence-corrected chi connectivity index (χ3v) is 10.2. The average molecular weight is 551 g/mol. The summed E-state index contributed by atoms with van der Waals surface area (Å²) in [7, 11) is 0. The number of nitrogens with one attached hydrogen (secondary N) is 1. The maximum atomic E-state index is 13.4. The fourth-order valence-electron chi connectivity index (χ4n) is 8.12. The fraction of sp³-hybridized carbons (Fsp3) is 0.581. The number of amides is 1. The van der Waals surface area contributed by atoms with Crippen LogP contribution in [0.2, 0.25) is 0 Å². The van der Waals surface area contributed by atoms with Crippen LogP contribution in [-0.2, 0) is 30.5 Å². The van der Waals surface area contributed by atoms with E-state index in [1.54, 1.807) is 30.5 Å². The highest BCUT2D eigenvalue weighted by molar-refractivity contribution is 6.01. The van der Waals surface area contributed by atoms with E-state index in [0.717, 1.165) is 18.4 Å². The standard InChI is InChI=1S/C31H38N2O7/c1-29-12-10-21(34)15-19(29)6-7-22-23-11-13-31(39,30(23,2)16-24(35)28(22)29)25(36)18-40-27(38)9-8-26(37)33-17-20-5-3-4-14-32-20/h3-5,10,12,14-15,22-24,28,35,39H,6-9,11,13,16-18H2,1-2H3,(H,33,37)/t22?,23?,24?,28?,29-,30-,31?/m0/s1. The number of allylic oxidation sites excluding steroid dienone is 4. The highest BCUT2D eigenvalue weighted by Crippen LogP contribution is 2.67. The number of aliphatic hydroxyl groups excluding tert-OH is 1. The second-order valence-corrected chi connectivity index (χ2v) is 12.3. The van der Waals surface area contributed by atoms with Gasteiger partial charge in [0.2, 0.25) is 11.7 Å². The van der Waals surface area contributed by atoms with E-state index in [1.807, 2.05) is 19.1 Å². The van der Waals surface area contributed by atoms with E-state index in [4.69, 9.17) is 4.74 Å². The molecule has 214 valence electrons. The molecule has 0 bridgehead atoms. The number of rotatable bonds is 8. The highest BCUT2D eigenvalue weighted by atomic mass is 16.5. The number of Topliss-reactive ketones (excluding diaryl/α,β-unsaturated/α-hetero) is 1. The number of ether oxygens (including phenoxy) is 1. The van der Waals surface area contributed by atoms with Gasteiger partial charge in [-0.25, -0.2) is 0 Å². The summed E-state index contributed by atoms with van der Waals surface area (Å²) >= 11 is 0. The van der Waals surface area contributed by atoms with Gasteiger partial charge in [0.05, 0.1) is 24.8 Å². The van der Waals surface area contributed by atoms with Crippen LogP contribution in [0.4, 0.5) is 0 Å². The predicted octanol–water partition coefficient (Wildman–Crippen LogP) is 2.60. The molecule has 0 aromatic carbocycles. The first kappa shape index (κ1) is 28.4. The summed E-state index contributed by atoms with van der Waals surface area (Å²) in [5, 5.41) is 25.9.